The molecule has 2 saturated carbocycles. The second-order valence-electron chi connectivity index (χ2n) is 10.7. The van der Waals surface area contributed by atoms with Crippen LogP contribution in [0.5, 0.6) is 0 Å². The normalized spacial score (nSPS) is 23.5. The molecule has 0 radical (unpaired) electrons. The second-order valence-corrected chi connectivity index (χ2v) is 12.3. The fourth-order valence-electron chi connectivity index (χ4n) is 6.93. The van der Waals surface area contributed by atoms with Gasteiger partial charge in [-0.25, -0.2) is 0 Å². The van der Waals surface area contributed by atoms with E-state index in [4.69, 9.17) is 0 Å². The molecule has 1 aliphatic heterocycles. The number of hydrogen-bond acceptors (Lipinski definition) is 3. The van der Waals surface area contributed by atoms with E-state index in [0.29, 0.717) is 6.42 Å². The molecule has 4 rings (SSSR count). The Hall–Kier alpha value is -0.910. The lowest BCUT2D eigenvalue weighted by molar-refractivity contribution is 0.112. The molecular weight excluding hydrogens is 406 g/mol. The van der Waals surface area contributed by atoms with Gasteiger partial charge < -0.3 is 0 Å². The topological polar surface area (TPSA) is 57.6 Å². The molecule has 0 amide bonds. The molecule has 5 heteroatoms. The summed E-state index contributed by atoms with van der Waals surface area (Å²) in [4.78, 5) is 2.49. The maximum Gasteiger partial charge on any atom is 0.264 e. The third kappa shape index (κ3) is 6.33. The highest BCUT2D eigenvalue weighted by Gasteiger charge is 2.42. The van der Waals surface area contributed by atoms with Gasteiger partial charge in [-0.15, -0.1) is 0 Å². The van der Waals surface area contributed by atoms with Crippen molar-refractivity contribution in [1.29, 1.82) is 0 Å². The van der Waals surface area contributed by atoms with Crippen LogP contribution in [0.25, 0.3) is 0 Å². The summed E-state index contributed by atoms with van der Waals surface area (Å²) in [7, 11) is -3.89. The van der Waals surface area contributed by atoms with E-state index in [1.54, 1.807) is 5.56 Å². The van der Waals surface area contributed by atoms with Crippen LogP contribution in [-0.4, -0.2) is 36.7 Å². The molecule has 0 saturated heterocycles. The van der Waals surface area contributed by atoms with Gasteiger partial charge in [0.15, 0.2) is 0 Å². The van der Waals surface area contributed by atoms with E-state index < -0.39 is 10.1 Å². The minimum atomic E-state index is -3.89. The number of nitrogens with zero attached hydrogens (tertiary/aromatic N) is 1. The predicted octanol–water partition coefficient (Wildman–Crippen LogP) is 5.96. The maximum atomic E-state index is 11.3. The smallest absolute Gasteiger partial charge is 0.264 e. The summed E-state index contributed by atoms with van der Waals surface area (Å²) < 4.78 is 31.7. The first-order chi connectivity index (χ1) is 14.9. The van der Waals surface area contributed by atoms with Crippen molar-refractivity contribution >= 4 is 10.1 Å². The monoisotopic (exact) mass is 447 g/mol. The summed E-state index contributed by atoms with van der Waals surface area (Å²) in [5.41, 5.74) is 3.21. The average Bonchev–Trinajstić information content (AvgIpc) is 2.74. The van der Waals surface area contributed by atoms with Crippen LogP contribution in [-0.2, 0) is 22.1 Å². The fourth-order valence-corrected chi connectivity index (χ4v) is 7.43. The molecule has 31 heavy (non-hydrogen) atoms. The van der Waals surface area contributed by atoms with Crippen LogP contribution in [0.1, 0.15) is 94.6 Å². The molecule has 0 atom stereocenters. The highest BCUT2D eigenvalue weighted by atomic mass is 32.2. The van der Waals surface area contributed by atoms with E-state index in [-0.39, 0.29) is 11.2 Å². The molecule has 1 aromatic rings. The second kappa shape index (κ2) is 10.4. The Bertz CT molecular complexity index is 790. The summed E-state index contributed by atoms with van der Waals surface area (Å²) in [5, 5.41) is 0. The Balaban J connectivity index is 1.60. The highest BCUT2D eigenvalue weighted by molar-refractivity contribution is 7.85. The third-order valence-electron chi connectivity index (χ3n) is 8.19. The van der Waals surface area contributed by atoms with E-state index in [9.17, 15) is 13.0 Å². The quantitative estimate of drug-likeness (QED) is 0.500. The zero-order valence-electron chi connectivity index (χ0n) is 19.1. The van der Waals surface area contributed by atoms with Crippen molar-refractivity contribution in [3.8, 4) is 0 Å². The van der Waals surface area contributed by atoms with E-state index >= 15 is 0 Å². The van der Waals surface area contributed by atoms with Crippen molar-refractivity contribution in [2.45, 2.75) is 95.4 Å². The summed E-state index contributed by atoms with van der Waals surface area (Å²) in [6.45, 7) is 2.69. The third-order valence-corrected chi connectivity index (χ3v) is 9.00. The van der Waals surface area contributed by atoms with Crippen LogP contribution in [0.4, 0.5) is 0 Å². The van der Waals surface area contributed by atoms with Gasteiger partial charge in [0.05, 0.1) is 5.75 Å². The van der Waals surface area contributed by atoms with Gasteiger partial charge in [-0.1, -0.05) is 88.5 Å². The Labute approximate surface area is 189 Å². The molecule has 1 N–H and O–H groups in total. The molecule has 0 bridgehead atoms. The Morgan fingerprint density at radius 3 is 2.06 bits per heavy atom. The van der Waals surface area contributed by atoms with Crippen LogP contribution in [0, 0.1) is 11.8 Å². The number of hydrogen-bond donors (Lipinski definition) is 1. The minimum Gasteiger partial charge on any atom is -0.298 e. The van der Waals surface area contributed by atoms with Gasteiger partial charge in [-0.2, -0.15) is 8.42 Å². The van der Waals surface area contributed by atoms with Crippen LogP contribution in [0.2, 0.25) is 0 Å². The summed E-state index contributed by atoms with van der Waals surface area (Å²) in [6.07, 6.45) is 16.9. The van der Waals surface area contributed by atoms with Gasteiger partial charge in [-0.05, 0) is 48.8 Å². The van der Waals surface area contributed by atoms with Crippen molar-refractivity contribution in [1.82, 2.24) is 4.90 Å². The van der Waals surface area contributed by atoms with Gasteiger partial charge in [-0.3, -0.25) is 9.45 Å². The van der Waals surface area contributed by atoms with Crippen LogP contribution in [0.3, 0.4) is 0 Å². The SMILES string of the molecule is O=S(=O)(O)CCCN1Cc2ccccc2C(CC2CCCCC2)(CC2CCCCC2)C1. The Morgan fingerprint density at radius 2 is 1.48 bits per heavy atom. The van der Waals surface area contributed by atoms with Crippen molar-refractivity contribution in [2.75, 3.05) is 18.8 Å². The lowest BCUT2D eigenvalue weighted by atomic mass is 9.62. The zero-order chi connectivity index (χ0) is 21.7. The lowest BCUT2D eigenvalue weighted by Gasteiger charge is -2.48. The molecule has 3 aliphatic rings. The van der Waals surface area contributed by atoms with Crippen LogP contribution < -0.4 is 0 Å². The minimum absolute atomic E-state index is 0.136. The molecule has 2 aliphatic carbocycles. The lowest BCUT2D eigenvalue weighted by Crippen LogP contribution is -2.48. The van der Waals surface area contributed by atoms with Gasteiger partial charge in [0, 0.05) is 18.5 Å². The van der Waals surface area contributed by atoms with E-state index in [1.807, 2.05) is 0 Å². The van der Waals surface area contributed by atoms with Crippen molar-refractivity contribution < 1.29 is 13.0 Å². The zero-order valence-corrected chi connectivity index (χ0v) is 19.9. The first-order valence-electron chi connectivity index (χ1n) is 12.7. The highest BCUT2D eigenvalue weighted by Crippen LogP contribution is 2.47. The fraction of sp³-hybridized carbons (Fsp3) is 0.769. The predicted molar refractivity (Wildman–Crippen MR) is 127 cm³/mol. The molecule has 4 nitrogen and oxygen atoms in total. The first kappa shape index (κ1) is 23.3. The van der Waals surface area contributed by atoms with Crippen molar-refractivity contribution in [3.63, 3.8) is 0 Å². The van der Waals surface area contributed by atoms with Gasteiger partial charge in [0.1, 0.15) is 0 Å². The first-order valence-corrected chi connectivity index (χ1v) is 14.3. The van der Waals surface area contributed by atoms with Gasteiger partial charge in [0.25, 0.3) is 10.1 Å². The molecule has 0 unspecified atom stereocenters. The van der Waals surface area contributed by atoms with Gasteiger partial charge in [0.2, 0.25) is 0 Å². The molecule has 1 heterocycles. The van der Waals surface area contributed by atoms with Crippen LogP contribution in [0.15, 0.2) is 24.3 Å². The standard InChI is InChI=1S/C26H41NO3S/c28-31(29,30)17-9-16-27-20-24-14-7-8-15-25(24)26(21-27,18-22-10-3-1-4-11-22)19-23-12-5-2-6-13-23/h7-8,14-15,22-23H,1-6,9-13,16-21H2,(H,28,29,30). The van der Waals surface area contributed by atoms with E-state index in [2.05, 4.69) is 29.2 Å². The summed E-state index contributed by atoms with van der Waals surface area (Å²) in [6, 6.07) is 9.08. The van der Waals surface area contributed by atoms with E-state index in [0.717, 1.165) is 31.5 Å². The Kier molecular flexibility index (Phi) is 7.77. The number of rotatable bonds is 8. The van der Waals surface area contributed by atoms with Crippen molar-refractivity contribution in [2.24, 2.45) is 11.8 Å². The van der Waals surface area contributed by atoms with Crippen molar-refractivity contribution in [3.05, 3.63) is 35.4 Å². The Morgan fingerprint density at radius 1 is 0.903 bits per heavy atom. The molecule has 174 valence electrons. The molecule has 2 fully saturated rings. The average molecular weight is 448 g/mol. The van der Waals surface area contributed by atoms with Crippen LogP contribution >= 0.6 is 0 Å². The molecular formula is C26H41NO3S. The summed E-state index contributed by atoms with van der Waals surface area (Å²) in [5.74, 6) is 1.51. The molecule has 0 spiro atoms. The van der Waals surface area contributed by atoms with E-state index in [1.165, 1.54) is 82.6 Å². The maximum absolute atomic E-state index is 11.3. The summed E-state index contributed by atoms with van der Waals surface area (Å²) >= 11 is 0. The van der Waals surface area contributed by atoms with Gasteiger partial charge >= 0.3 is 0 Å². The largest absolute Gasteiger partial charge is 0.298 e. The number of fused-ring (bicyclic) bond motifs is 1. The number of benzene rings is 1. The molecule has 1 aromatic carbocycles. The molecule has 0 aromatic heterocycles.